The molecule has 0 unspecified atom stereocenters. The maximum absolute atomic E-state index is 13.7. The molecule has 1 saturated carbocycles. The zero-order chi connectivity index (χ0) is 18.5. The van der Waals surface area contributed by atoms with E-state index in [0.29, 0.717) is 17.6 Å². The third-order valence-corrected chi connectivity index (χ3v) is 4.51. The Balaban J connectivity index is 1.57. The topological polar surface area (TPSA) is 47.6 Å². The zero-order valence-electron chi connectivity index (χ0n) is 13.4. The number of benzene rings is 2. The van der Waals surface area contributed by atoms with E-state index >= 15 is 0 Å². The molecular weight excluding hydrogens is 354 g/mol. The summed E-state index contributed by atoms with van der Waals surface area (Å²) in [7, 11) is 0. The number of hydrogen-bond donors (Lipinski definition) is 1. The molecule has 1 N–H and O–H groups in total. The van der Waals surface area contributed by atoms with Gasteiger partial charge in [-0.3, -0.25) is 4.79 Å². The maximum atomic E-state index is 13.7. The molecule has 26 heavy (non-hydrogen) atoms. The number of anilines is 1. The summed E-state index contributed by atoms with van der Waals surface area (Å²) in [5.41, 5.74) is -0.719. The second-order valence-corrected chi connectivity index (χ2v) is 6.29. The third-order valence-electron chi connectivity index (χ3n) is 4.51. The van der Waals surface area contributed by atoms with Gasteiger partial charge in [0.2, 0.25) is 0 Å². The van der Waals surface area contributed by atoms with Crippen LogP contribution in [0.2, 0.25) is 0 Å². The van der Waals surface area contributed by atoms with Crippen LogP contribution in [0.5, 0.6) is 11.5 Å². The minimum absolute atomic E-state index is 0.219. The van der Waals surface area contributed by atoms with E-state index in [1.807, 2.05) is 0 Å². The van der Waals surface area contributed by atoms with Crippen molar-refractivity contribution in [1.82, 2.24) is 0 Å². The Hall–Kier alpha value is -2.77. The summed E-state index contributed by atoms with van der Waals surface area (Å²) in [6.07, 6.45) is 3.47. The molecule has 4 rings (SSSR count). The van der Waals surface area contributed by atoms with Crippen molar-refractivity contribution in [2.45, 2.75) is 31.5 Å². The molecule has 1 spiro atoms. The van der Waals surface area contributed by atoms with Crippen molar-refractivity contribution in [3.63, 3.8) is 0 Å². The summed E-state index contributed by atoms with van der Waals surface area (Å²) >= 11 is 0. The molecule has 1 aliphatic carbocycles. The second-order valence-electron chi connectivity index (χ2n) is 6.29. The number of nitrogens with one attached hydrogen (secondary N) is 1. The van der Waals surface area contributed by atoms with Gasteiger partial charge >= 0.3 is 0 Å². The van der Waals surface area contributed by atoms with Crippen molar-refractivity contribution in [3.8, 4) is 11.5 Å². The number of carbonyl (C=O) groups excluding carboxylic acids is 1. The lowest BCUT2D eigenvalue weighted by atomic mass is 10.1. The first-order valence-electron chi connectivity index (χ1n) is 8.05. The average molecular weight is 367 g/mol. The van der Waals surface area contributed by atoms with Crippen molar-refractivity contribution in [1.29, 1.82) is 0 Å². The zero-order valence-corrected chi connectivity index (χ0v) is 13.4. The van der Waals surface area contributed by atoms with Crippen molar-refractivity contribution in [2.75, 3.05) is 5.32 Å². The SMILES string of the molecule is O=C(Nc1ccc2c(c1)OC1(CCCC1)O2)c1cc(F)c(F)c(F)c1F. The summed E-state index contributed by atoms with van der Waals surface area (Å²) in [5.74, 6) is -8.27. The lowest BCUT2D eigenvalue weighted by Gasteiger charge is -2.21. The summed E-state index contributed by atoms with van der Waals surface area (Å²) < 4.78 is 65.0. The number of rotatable bonds is 2. The predicted octanol–water partition coefficient (Wildman–Crippen LogP) is 4.54. The first-order valence-corrected chi connectivity index (χ1v) is 8.05. The Morgan fingerprint density at radius 1 is 0.923 bits per heavy atom. The van der Waals surface area contributed by atoms with Gasteiger partial charge in [-0.05, 0) is 31.0 Å². The van der Waals surface area contributed by atoms with E-state index in [4.69, 9.17) is 9.47 Å². The van der Waals surface area contributed by atoms with E-state index in [0.717, 1.165) is 25.7 Å². The van der Waals surface area contributed by atoms with Gasteiger partial charge in [0.1, 0.15) is 0 Å². The van der Waals surface area contributed by atoms with Crippen LogP contribution in [0.3, 0.4) is 0 Å². The van der Waals surface area contributed by atoms with E-state index < -0.39 is 40.5 Å². The van der Waals surface area contributed by atoms with Crippen molar-refractivity contribution < 1.29 is 31.8 Å². The number of carbonyl (C=O) groups is 1. The fraction of sp³-hybridized carbons (Fsp3) is 0.278. The van der Waals surface area contributed by atoms with Gasteiger partial charge in [0.05, 0.1) is 5.56 Å². The molecule has 2 aromatic carbocycles. The Kier molecular flexibility index (Phi) is 3.78. The second kappa shape index (κ2) is 5.89. The molecule has 1 amide bonds. The van der Waals surface area contributed by atoms with Crippen molar-refractivity contribution in [2.24, 2.45) is 0 Å². The standard InChI is InChI=1S/C18H13F4NO3/c19-11-8-10(14(20)16(22)15(11)21)17(24)23-9-3-4-12-13(7-9)26-18(25-12)5-1-2-6-18/h3-4,7-8H,1-2,5-6H2,(H,23,24). The van der Waals surface area contributed by atoms with E-state index in [1.54, 1.807) is 6.07 Å². The molecule has 0 aromatic heterocycles. The average Bonchev–Trinajstić information content (AvgIpc) is 3.21. The first kappa shape index (κ1) is 16.7. The highest BCUT2D eigenvalue weighted by Crippen LogP contribution is 2.47. The minimum Gasteiger partial charge on any atom is -0.448 e. The van der Waals surface area contributed by atoms with Crippen molar-refractivity contribution in [3.05, 3.63) is 53.1 Å². The lowest BCUT2D eigenvalue weighted by Crippen LogP contribution is -2.34. The van der Waals surface area contributed by atoms with Gasteiger partial charge in [-0.25, -0.2) is 17.6 Å². The Bertz CT molecular complexity index is 910. The van der Waals surface area contributed by atoms with Crippen LogP contribution in [0.1, 0.15) is 36.0 Å². The highest BCUT2D eigenvalue weighted by Gasteiger charge is 2.44. The highest BCUT2D eigenvalue weighted by molar-refractivity contribution is 6.04. The number of amides is 1. The Morgan fingerprint density at radius 2 is 1.62 bits per heavy atom. The molecule has 136 valence electrons. The monoisotopic (exact) mass is 367 g/mol. The highest BCUT2D eigenvalue weighted by atomic mass is 19.2. The Morgan fingerprint density at radius 3 is 2.35 bits per heavy atom. The van der Waals surface area contributed by atoms with Crippen molar-refractivity contribution >= 4 is 11.6 Å². The molecule has 0 radical (unpaired) electrons. The normalized spacial score (nSPS) is 16.9. The number of halogens is 4. The van der Waals surface area contributed by atoms with E-state index in [1.165, 1.54) is 12.1 Å². The van der Waals surface area contributed by atoms with E-state index in [-0.39, 0.29) is 5.69 Å². The lowest BCUT2D eigenvalue weighted by molar-refractivity contribution is -0.0716. The summed E-state index contributed by atoms with van der Waals surface area (Å²) in [6, 6.07) is 4.86. The molecule has 0 atom stereocenters. The molecule has 2 aliphatic rings. The quantitative estimate of drug-likeness (QED) is 0.482. The van der Waals surface area contributed by atoms with Crippen LogP contribution in [-0.4, -0.2) is 11.7 Å². The molecular formula is C18H13F4NO3. The molecule has 1 aliphatic heterocycles. The van der Waals surface area contributed by atoms with Gasteiger partial charge in [0.25, 0.3) is 11.7 Å². The van der Waals surface area contributed by atoms with Gasteiger partial charge in [0, 0.05) is 24.6 Å². The Labute approximate surface area is 145 Å². The largest absolute Gasteiger partial charge is 0.448 e. The van der Waals surface area contributed by atoms with Gasteiger partial charge < -0.3 is 14.8 Å². The molecule has 0 bridgehead atoms. The maximum Gasteiger partial charge on any atom is 0.258 e. The van der Waals surface area contributed by atoms with Crippen LogP contribution in [0.25, 0.3) is 0 Å². The minimum atomic E-state index is -2.04. The van der Waals surface area contributed by atoms with Crippen LogP contribution < -0.4 is 14.8 Å². The van der Waals surface area contributed by atoms with Gasteiger partial charge in [-0.15, -0.1) is 0 Å². The molecule has 8 heteroatoms. The molecule has 1 fully saturated rings. The van der Waals surface area contributed by atoms with Gasteiger partial charge in [0.15, 0.2) is 34.8 Å². The van der Waals surface area contributed by atoms with Crippen LogP contribution in [-0.2, 0) is 0 Å². The number of fused-ring (bicyclic) bond motifs is 1. The summed E-state index contributed by atoms with van der Waals surface area (Å²) in [4.78, 5) is 12.1. The van der Waals surface area contributed by atoms with Gasteiger partial charge in [-0.1, -0.05) is 0 Å². The van der Waals surface area contributed by atoms with Gasteiger partial charge in [-0.2, -0.15) is 0 Å². The van der Waals surface area contributed by atoms with Crippen LogP contribution in [0.4, 0.5) is 23.2 Å². The molecule has 0 saturated heterocycles. The van der Waals surface area contributed by atoms with E-state index in [9.17, 15) is 22.4 Å². The predicted molar refractivity (Wildman–Crippen MR) is 83.1 cm³/mol. The first-order chi connectivity index (χ1) is 12.4. The fourth-order valence-corrected chi connectivity index (χ4v) is 3.23. The smallest absolute Gasteiger partial charge is 0.258 e. The van der Waals surface area contributed by atoms with E-state index in [2.05, 4.69) is 5.32 Å². The number of ether oxygens (including phenoxy) is 2. The summed E-state index contributed by atoms with van der Waals surface area (Å²) in [5, 5.41) is 2.31. The summed E-state index contributed by atoms with van der Waals surface area (Å²) in [6.45, 7) is 0. The number of hydrogen-bond acceptors (Lipinski definition) is 3. The fourth-order valence-electron chi connectivity index (χ4n) is 3.23. The third kappa shape index (κ3) is 2.65. The molecule has 4 nitrogen and oxygen atoms in total. The molecule has 1 heterocycles. The molecule has 2 aromatic rings. The van der Waals surface area contributed by atoms with Crippen LogP contribution in [0.15, 0.2) is 24.3 Å². The van der Waals surface area contributed by atoms with Crippen LogP contribution in [0, 0.1) is 23.3 Å². The van der Waals surface area contributed by atoms with Crippen LogP contribution >= 0.6 is 0 Å².